The van der Waals surface area contributed by atoms with E-state index in [9.17, 15) is 0 Å². The van der Waals surface area contributed by atoms with Gasteiger partial charge in [0.15, 0.2) is 0 Å². The maximum absolute atomic E-state index is 4.37. The van der Waals surface area contributed by atoms with Gasteiger partial charge in [-0.2, -0.15) is 0 Å². The predicted molar refractivity (Wildman–Crippen MR) is 75.0 cm³/mol. The van der Waals surface area contributed by atoms with Crippen molar-refractivity contribution in [2.24, 2.45) is 4.99 Å². The molecule has 2 heteroatoms. The summed E-state index contributed by atoms with van der Waals surface area (Å²) in [5.41, 5.74) is 4.65. The molecule has 3 rings (SSSR count). The third-order valence-corrected chi connectivity index (χ3v) is 3.26. The maximum Gasteiger partial charge on any atom is 0.0670 e. The molecule has 1 N–H and O–H groups in total. The molecule has 1 aliphatic carbocycles. The summed E-state index contributed by atoms with van der Waals surface area (Å²) in [4.78, 5) is 4.37. The van der Waals surface area contributed by atoms with Crippen molar-refractivity contribution in [3.05, 3.63) is 47.5 Å². The summed E-state index contributed by atoms with van der Waals surface area (Å²) in [5, 5.41) is 5.81. The van der Waals surface area contributed by atoms with Crippen molar-refractivity contribution in [2.75, 3.05) is 19.4 Å². The molecule has 0 fully saturated rings. The van der Waals surface area contributed by atoms with Gasteiger partial charge in [-0.05, 0) is 23.1 Å². The van der Waals surface area contributed by atoms with Gasteiger partial charge in [0.1, 0.15) is 0 Å². The van der Waals surface area contributed by atoms with Crippen molar-refractivity contribution in [3.8, 4) is 0 Å². The number of hydrogen-bond donors (Lipinski definition) is 1. The first-order valence-corrected chi connectivity index (χ1v) is 5.74. The molecule has 0 saturated carbocycles. The quantitative estimate of drug-likeness (QED) is 0.786. The molecule has 1 aliphatic rings. The van der Waals surface area contributed by atoms with Crippen molar-refractivity contribution in [3.63, 3.8) is 0 Å². The average Bonchev–Trinajstić information content (AvgIpc) is 2.40. The minimum Gasteiger partial charge on any atom is -0.388 e. The van der Waals surface area contributed by atoms with E-state index in [1.165, 1.54) is 21.9 Å². The van der Waals surface area contributed by atoms with Gasteiger partial charge in [0.25, 0.3) is 0 Å². The Morgan fingerprint density at radius 2 is 1.94 bits per heavy atom. The zero-order chi connectivity index (χ0) is 11.8. The van der Waals surface area contributed by atoms with E-state index in [0.29, 0.717) is 0 Å². The Balaban J connectivity index is 2.51. The molecular weight excluding hydrogens is 208 g/mol. The van der Waals surface area contributed by atoms with Crippen LogP contribution < -0.4 is 5.32 Å². The summed E-state index contributed by atoms with van der Waals surface area (Å²) in [6, 6.07) is 10.7. The van der Waals surface area contributed by atoms with E-state index >= 15 is 0 Å². The van der Waals surface area contributed by atoms with Gasteiger partial charge < -0.3 is 5.32 Å². The normalized spacial score (nSPS) is 15.5. The van der Waals surface area contributed by atoms with E-state index in [-0.39, 0.29) is 0 Å². The molecule has 0 unspecified atom stereocenters. The zero-order valence-electron chi connectivity index (χ0n) is 9.99. The molecule has 0 radical (unpaired) electrons. The van der Waals surface area contributed by atoms with Gasteiger partial charge in [0, 0.05) is 30.7 Å². The zero-order valence-corrected chi connectivity index (χ0v) is 9.99. The van der Waals surface area contributed by atoms with Crippen LogP contribution in [0.3, 0.4) is 0 Å². The van der Waals surface area contributed by atoms with Crippen LogP contribution in [0.25, 0.3) is 16.8 Å². The third kappa shape index (κ3) is 1.37. The van der Waals surface area contributed by atoms with Crippen LogP contribution in [0.5, 0.6) is 0 Å². The fourth-order valence-corrected chi connectivity index (χ4v) is 2.46. The number of rotatable bonds is 1. The first-order chi connectivity index (χ1) is 8.35. The Morgan fingerprint density at radius 3 is 2.71 bits per heavy atom. The minimum absolute atomic E-state index is 1.04. The Morgan fingerprint density at radius 1 is 1.06 bits per heavy atom. The van der Waals surface area contributed by atoms with E-state index < -0.39 is 0 Å². The lowest BCUT2D eigenvalue weighted by atomic mass is 9.90. The molecule has 2 aromatic carbocycles. The Labute approximate surface area is 101 Å². The Hall–Kier alpha value is -2.09. The summed E-state index contributed by atoms with van der Waals surface area (Å²) < 4.78 is 0. The number of allylic oxidation sites excluding steroid dienone is 1. The van der Waals surface area contributed by atoms with Gasteiger partial charge in [0.05, 0.1) is 5.71 Å². The van der Waals surface area contributed by atoms with Gasteiger partial charge in [-0.15, -0.1) is 0 Å². The highest BCUT2D eigenvalue weighted by molar-refractivity contribution is 6.25. The molecule has 0 atom stereocenters. The van der Waals surface area contributed by atoms with E-state index in [0.717, 1.165) is 11.4 Å². The smallest absolute Gasteiger partial charge is 0.0670 e. The number of anilines is 1. The number of nitrogens with one attached hydrogen (secondary N) is 1. The maximum atomic E-state index is 4.37. The van der Waals surface area contributed by atoms with E-state index in [2.05, 4.69) is 52.8 Å². The second kappa shape index (κ2) is 3.74. The lowest BCUT2D eigenvalue weighted by Crippen LogP contribution is -2.07. The van der Waals surface area contributed by atoms with E-state index in [1.54, 1.807) is 0 Å². The van der Waals surface area contributed by atoms with Crippen LogP contribution in [-0.2, 0) is 0 Å². The van der Waals surface area contributed by atoms with Crippen molar-refractivity contribution in [1.82, 2.24) is 0 Å². The van der Waals surface area contributed by atoms with Gasteiger partial charge >= 0.3 is 0 Å². The fraction of sp³-hybridized carbons (Fsp3) is 0.133. The number of benzene rings is 2. The molecule has 2 aromatic rings. The molecule has 0 amide bonds. The second-order valence-corrected chi connectivity index (χ2v) is 4.13. The van der Waals surface area contributed by atoms with Crippen LogP contribution in [0.15, 0.2) is 41.4 Å². The van der Waals surface area contributed by atoms with Crippen LogP contribution in [0.4, 0.5) is 5.69 Å². The highest BCUT2D eigenvalue weighted by Gasteiger charge is 2.16. The molecule has 2 nitrogen and oxygen atoms in total. The molecule has 0 spiro atoms. The summed E-state index contributed by atoms with van der Waals surface area (Å²) in [7, 11) is 3.79. The van der Waals surface area contributed by atoms with Crippen LogP contribution in [0.2, 0.25) is 0 Å². The van der Waals surface area contributed by atoms with Crippen molar-refractivity contribution in [2.45, 2.75) is 0 Å². The molecule has 17 heavy (non-hydrogen) atoms. The first-order valence-electron chi connectivity index (χ1n) is 5.74. The molecule has 0 aromatic heterocycles. The topological polar surface area (TPSA) is 24.4 Å². The summed E-state index contributed by atoms with van der Waals surface area (Å²) in [6.45, 7) is 0. The number of hydrogen-bond acceptors (Lipinski definition) is 2. The standard InChI is InChI=1S/C15H14N2/c1-16-12-8-6-10-4-3-5-11-7-9-13(17-2)15(12)14(10)11/h3-9,16H,1-2H3/b17-13-. The van der Waals surface area contributed by atoms with Crippen molar-refractivity contribution in [1.29, 1.82) is 0 Å². The second-order valence-electron chi connectivity index (χ2n) is 4.13. The fourth-order valence-electron chi connectivity index (χ4n) is 2.46. The largest absolute Gasteiger partial charge is 0.388 e. The molecular formula is C15H14N2. The predicted octanol–water partition coefficient (Wildman–Crippen LogP) is 3.33. The first kappa shape index (κ1) is 10.1. The lowest BCUT2D eigenvalue weighted by Gasteiger charge is -2.18. The van der Waals surface area contributed by atoms with Crippen molar-refractivity contribution >= 4 is 28.2 Å². The molecule has 0 saturated heterocycles. The number of aliphatic imine (C=N–C) groups is 1. The van der Waals surface area contributed by atoms with Gasteiger partial charge in [-0.25, -0.2) is 0 Å². The van der Waals surface area contributed by atoms with Crippen molar-refractivity contribution < 1.29 is 0 Å². The lowest BCUT2D eigenvalue weighted by molar-refractivity contribution is 1.42. The van der Waals surface area contributed by atoms with Crippen LogP contribution in [0.1, 0.15) is 11.1 Å². The molecule has 0 aliphatic heterocycles. The van der Waals surface area contributed by atoms with Crippen LogP contribution in [0, 0.1) is 0 Å². The highest BCUT2D eigenvalue weighted by atomic mass is 14.8. The van der Waals surface area contributed by atoms with Gasteiger partial charge in [-0.1, -0.05) is 30.3 Å². The van der Waals surface area contributed by atoms with Crippen LogP contribution in [-0.4, -0.2) is 19.8 Å². The van der Waals surface area contributed by atoms with Crippen LogP contribution >= 0.6 is 0 Å². The average molecular weight is 222 g/mol. The third-order valence-electron chi connectivity index (χ3n) is 3.26. The minimum atomic E-state index is 1.04. The summed E-state index contributed by atoms with van der Waals surface area (Å²) in [6.07, 6.45) is 4.22. The number of nitrogens with zero attached hydrogens (tertiary/aromatic N) is 1. The Kier molecular flexibility index (Phi) is 2.22. The van der Waals surface area contributed by atoms with E-state index in [4.69, 9.17) is 0 Å². The monoisotopic (exact) mass is 222 g/mol. The molecule has 84 valence electrons. The molecule has 0 bridgehead atoms. The molecule has 0 heterocycles. The van der Waals surface area contributed by atoms with E-state index in [1.807, 2.05) is 14.1 Å². The highest BCUT2D eigenvalue weighted by Crippen LogP contribution is 2.33. The summed E-state index contributed by atoms with van der Waals surface area (Å²) >= 11 is 0. The van der Waals surface area contributed by atoms with Gasteiger partial charge in [0.2, 0.25) is 0 Å². The Bertz CT molecular complexity index is 651. The van der Waals surface area contributed by atoms with Gasteiger partial charge in [-0.3, -0.25) is 4.99 Å². The summed E-state index contributed by atoms with van der Waals surface area (Å²) in [5.74, 6) is 0. The SMILES string of the molecule is C/N=C1/C=Cc2cccc3ccc(NC)c1c23.